The van der Waals surface area contributed by atoms with Crippen molar-refractivity contribution in [2.24, 2.45) is 0 Å². The van der Waals surface area contributed by atoms with Crippen molar-refractivity contribution in [1.29, 1.82) is 0 Å². The molecule has 0 aliphatic heterocycles. The smallest absolute Gasteiger partial charge is 0.141 e. The molecule has 0 saturated heterocycles. The number of rotatable bonds is 0. The quantitative estimate of drug-likeness (QED) is 0.573. The third-order valence-corrected chi connectivity index (χ3v) is 2.85. The second-order valence-corrected chi connectivity index (χ2v) is 4.37. The van der Waals surface area contributed by atoms with Crippen molar-refractivity contribution >= 4 is 55.2 Å². The molecule has 2 aromatic heterocycles. The maximum absolute atomic E-state index is 5.81. The zero-order valence-electron chi connectivity index (χ0n) is 5.94. The van der Waals surface area contributed by atoms with Crippen LogP contribution in [-0.4, -0.2) is 9.97 Å². The number of hydrogen-bond acceptors (Lipinski definition) is 2. The Morgan fingerprint density at radius 1 is 1.58 bits per heavy atom. The molecule has 0 unspecified atom stereocenters. The summed E-state index contributed by atoms with van der Waals surface area (Å²) in [6.45, 7) is 0. The number of aromatic amines is 1. The number of halogens is 2. The van der Waals surface area contributed by atoms with E-state index in [1.54, 1.807) is 6.07 Å². The van der Waals surface area contributed by atoms with Crippen molar-refractivity contribution in [3.05, 3.63) is 20.4 Å². The van der Waals surface area contributed by atoms with Crippen molar-refractivity contribution < 1.29 is 0 Å². The molecular formula is C7H5BrIN3. The minimum Gasteiger partial charge on any atom is -0.398 e. The molecular weight excluding hydrogens is 333 g/mol. The molecule has 5 heteroatoms. The fraction of sp³-hybridized carbons (Fsp3) is 0. The monoisotopic (exact) mass is 337 g/mol. The number of nitrogens with one attached hydrogen (secondary N) is 1. The maximum atomic E-state index is 5.81. The zero-order chi connectivity index (χ0) is 8.72. The summed E-state index contributed by atoms with van der Waals surface area (Å²) in [5.41, 5.74) is 7.38. The molecule has 0 amide bonds. The highest BCUT2D eigenvalue weighted by molar-refractivity contribution is 14.1. The van der Waals surface area contributed by atoms with Crippen molar-refractivity contribution in [2.75, 3.05) is 5.73 Å². The average Bonchev–Trinajstić information content (AvgIpc) is 2.31. The first-order valence-corrected chi connectivity index (χ1v) is 5.14. The maximum Gasteiger partial charge on any atom is 0.141 e. The van der Waals surface area contributed by atoms with Gasteiger partial charge in [-0.05, 0) is 44.6 Å². The summed E-state index contributed by atoms with van der Waals surface area (Å²) in [4.78, 5) is 7.27. The first-order chi connectivity index (χ1) is 5.68. The summed E-state index contributed by atoms with van der Waals surface area (Å²) in [5, 5.41) is 0.999. The van der Waals surface area contributed by atoms with Crippen LogP contribution in [0.25, 0.3) is 11.0 Å². The van der Waals surface area contributed by atoms with Gasteiger partial charge in [0.2, 0.25) is 0 Å². The van der Waals surface area contributed by atoms with Crippen molar-refractivity contribution in [1.82, 2.24) is 9.97 Å². The Hall–Kier alpha value is -0.300. The largest absolute Gasteiger partial charge is 0.398 e. The minimum atomic E-state index is 0.748. The van der Waals surface area contributed by atoms with Gasteiger partial charge in [-0.3, -0.25) is 0 Å². The van der Waals surface area contributed by atoms with Gasteiger partial charge in [0.05, 0.1) is 5.39 Å². The summed E-state index contributed by atoms with van der Waals surface area (Å²) in [5.74, 6) is 0. The van der Waals surface area contributed by atoms with E-state index in [2.05, 4.69) is 48.5 Å². The molecule has 0 fully saturated rings. The van der Waals surface area contributed by atoms with Gasteiger partial charge >= 0.3 is 0 Å². The molecule has 0 spiro atoms. The summed E-state index contributed by atoms with van der Waals surface area (Å²) in [6.07, 6.45) is 1.89. The molecule has 2 aromatic rings. The minimum absolute atomic E-state index is 0.748. The predicted octanol–water partition coefficient (Wildman–Crippen LogP) is 2.51. The number of anilines is 1. The van der Waals surface area contributed by atoms with Crippen LogP contribution < -0.4 is 5.73 Å². The summed E-state index contributed by atoms with van der Waals surface area (Å²) in [6, 6.07) is 1.80. The van der Waals surface area contributed by atoms with E-state index >= 15 is 0 Å². The van der Waals surface area contributed by atoms with E-state index in [1.165, 1.54) is 0 Å². The molecule has 3 N–H and O–H groups in total. The molecule has 2 rings (SSSR count). The fourth-order valence-electron chi connectivity index (χ4n) is 1.09. The third kappa shape index (κ3) is 1.20. The second-order valence-electron chi connectivity index (χ2n) is 2.39. The molecule has 0 aliphatic carbocycles. The SMILES string of the molecule is Nc1cc(Br)nc2[nH]cc(I)c12. The van der Waals surface area contributed by atoms with Crippen LogP contribution in [0.4, 0.5) is 5.69 Å². The highest BCUT2D eigenvalue weighted by Gasteiger charge is 2.06. The second kappa shape index (κ2) is 2.88. The topological polar surface area (TPSA) is 54.7 Å². The zero-order valence-corrected chi connectivity index (χ0v) is 9.68. The van der Waals surface area contributed by atoms with Crippen LogP contribution in [0.5, 0.6) is 0 Å². The Labute approximate surface area is 91.0 Å². The molecule has 12 heavy (non-hydrogen) atoms. The molecule has 62 valence electrons. The molecule has 2 heterocycles. The van der Waals surface area contributed by atoms with E-state index in [-0.39, 0.29) is 0 Å². The van der Waals surface area contributed by atoms with Crippen LogP contribution in [0.1, 0.15) is 0 Å². The van der Waals surface area contributed by atoms with Gasteiger partial charge in [-0.1, -0.05) is 0 Å². The van der Waals surface area contributed by atoms with Gasteiger partial charge in [-0.25, -0.2) is 4.98 Å². The third-order valence-electron chi connectivity index (χ3n) is 1.59. The molecule has 0 radical (unpaired) electrons. The van der Waals surface area contributed by atoms with Crippen LogP contribution in [0.15, 0.2) is 16.9 Å². The lowest BCUT2D eigenvalue weighted by Crippen LogP contribution is -1.89. The molecule has 0 aliphatic rings. The Bertz CT molecular complexity index is 437. The van der Waals surface area contributed by atoms with E-state index in [0.29, 0.717) is 0 Å². The van der Waals surface area contributed by atoms with Crippen LogP contribution in [0, 0.1) is 3.57 Å². The number of fused-ring (bicyclic) bond motifs is 1. The summed E-state index contributed by atoms with van der Waals surface area (Å²) < 4.78 is 1.85. The Balaban J connectivity index is 2.93. The van der Waals surface area contributed by atoms with E-state index in [4.69, 9.17) is 5.73 Å². The number of nitrogen functional groups attached to an aromatic ring is 1. The van der Waals surface area contributed by atoms with Gasteiger partial charge in [-0.2, -0.15) is 0 Å². The average molecular weight is 338 g/mol. The van der Waals surface area contributed by atoms with Crippen LogP contribution in [0.2, 0.25) is 0 Å². The van der Waals surface area contributed by atoms with Crippen molar-refractivity contribution in [2.45, 2.75) is 0 Å². The Morgan fingerprint density at radius 2 is 2.33 bits per heavy atom. The highest BCUT2D eigenvalue weighted by Crippen LogP contribution is 2.26. The number of nitrogens with zero attached hydrogens (tertiary/aromatic N) is 1. The number of H-pyrrole nitrogens is 1. The molecule has 0 bridgehead atoms. The van der Waals surface area contributed by atoms with Gasteiger partial charge in [0.25, 0.3) is 0 Å². The summed E-state index contributed by atoms with van der Waals surface area (Å²) >= 11 is 5.50. The first kappa shape index (κ1) is 8.31. The lowest BCUT2D eigenvalue weighted by molar-refractivity contribution is 1.29. The number of nitrogens with two attached hydrogens (primary N) is 1. The lowest BCUT2D eigenvalue weighted by atomic mass is 10.3. The van der Waals surface area contributed by atoms with E-state index < -0.39 is 0 Å². The standard InChI is InChI=1S/C7H5BrIN3/c8-5-1-4(10)6-3(9)2-11-7(6)12-5/h1-2H,(H3,10,11,12). The predicted molar refractivity (Wildman–Crippen MR) is 60.9 cm³/mol. The highest BCUT2D eigenvalue weighted by atomic mass is 127. The van der Waals surface area contributed by atoms with E-state index in [9.17, 15) is 0 Å². The summed E-state index contributed by atoms with van der Waals surface area (Å²) in [7, 11) is 0. The van der Waals surface area contributed by atoms with E-state index in [0.717, 1.165) is 24.9 Å². The Morgan fingerprint density at radius 3 is 3.08 bits per heavy atom. The lowest BCUT2D eigenvalue weighted by Gasteiger charge is -1.97. The van der Waals surface area contributed by atoms with Gasteiger partial charge in [-0.15, -0.1) is 0 Å². The van der Waals surface area contributed by atoms with Crippen LogP contribution in [0.3, 0.4) is 0 Å². The first-order valence-electron chi connectivity index (χ1n) is 3.27. The van der Waals surface area contributed by atoms with Gasteiger partial charge < -0.3 is 10.7 Å². The molecule has 3 nitrogen and oxygen atoms in total. The number of hydrogen-bond donors (Lipinski definition) is 2. The van der Waals surface area contributed by atoms with Crippen LogP contribution in [-0.2, 0) is 0 Å². The van der Waals surface area contributed by atoms with Gasteiger partial charge in [0.15, 0.2) is 0 Å². The number of aromatic nitrogens is 2. The van der Waals surface area contributed by atoms with Crippen molar-refractivity contribution in [3.8, 4) is 0 Å². The normalized spacial score (nSPS) is 10.8. The van der Waals surface area contributed by atoms with Gasteiger partial charge in [0, 0.05) is 15.5 Å². The number of pyridine rings is 1. The molecule has 0 saturated carbocycles. The van der Waals surface area contributed by atoms with Crippen LogP contribution >= 0.6 is 38.5 Å². The van der Waals surface area contributed by atoms with Crippen molar-refractivity contribution in [3.63, 3.8) is 0 Å². The Kier molecular flexibility index (Phi) is 1.99. The fourth-order valence-corrected chi connectivity index (χ4v) is 2.24. The molecule has 0 aromatic carbocycles. The van der Waals surface area contributed by atoms with Gasteiger partial charge in [0.1, 0.15) is 10.3 Å². The molecule has 0 atom stereocenters. The van der Waals surface area contributed by atoms with E-state index in [1.807, 2.05) is 6.20 Å².